The first-order chi connectivity index (χ1) is 9.74. The number of benzene rings is 1. The van der Waals surface area contributed by atoms with E-state index in [1.807, 2.05) is 24.3 Å². The summed E-state index contributed by atoms with van der Waals surface area (Å²) in [4.78, 5) is 17.1. The van der Waals surface area contributed by atoms with Crippen LogP contribution in [0.5, 0.6) is 0 Å². The van der Waals surface area contributed by atoms with Crippen LogP contribution >= 0.6 is 0 Å². The van der Waals surface area contributed by atoms with Crippen molar-refractivity contribution in [1.82, 2.24) is 14.5 Å². The fourth-order valence-corrected chi connectivity index (χ4v) is 2.91. The predicted octanol–water partition coefficient (Wildman–Crippen LogP) is 2.15. The summed E-state index contributed by atoms with van der Waals surface area (Å²) in [6, 6.07) is 7.74. The van der Waals surface area contributed by atoms with E-state index in [0.29, 0.717) is 19.4 Å². The number of aryl methyl sites for hydroxylation is 1. The molecule has 2 heterocycles. The van der Waals surface area contributed by atoms with Crippen LogP contribution in [-0.4, -0.2) is 40.3 Å². The number of aromatic nitrogens is 2. The number of piperidine rings is 1. The van der Waals surface area contributed by atoms with Crippen LogP contribution in [-0.2, 0) is 6.54 Å². The van der Waals surface area contributed by atoms with Crippen molar-refractivity contribution >= 4 is 11.0 Å². The van der Waals surface area contributed by atoms with Crippen LogP contribution < -0.4 is 5.69 Å². The van der Waals surface area contributed by atoms with E-state index in [1.54, 1.807) is 4.57 Å². The van der Waals surface area contributed by atoms with E-state index in [-0.39, 0.29) is 5.69 Å². The number of alkyl halides is 1. The van der Waals surface area contributed by atoms with Gasteiger partial charge in [-0.1, -0.05) is 12.1 Å². The van der Waals surface area contributed by atoms with Crippen molar-refractivity contribution < 1.29 is 4.39 Å². The van der Waals surface area contributed by atoms with E-state index in [0.717, 1.165) is 37.1 Å². The number of nitrogens with zero attached hydrogens (tertiary/aromatic N) is 2. The number of hydrogen-bond donors (Lipinski definition) is 1. The summed E-state index contributed by atoms with van der Waals surface area (Å²) < 4.78 is 14.8. The molecule has 0 amide bonds. The van der Waals surface area contributed by atoms with Crippen molar-refractivity contribution in [2.24, 2.45) is 0 Å². The van der Waals surface area contributed by atoms with E-state index in [2.05, 4.69) is 9.88 Å². The second kappa shape index (κ2) is 5.79. The largest absolute Gasteiger partial charge is 0.326 e. The highest BCUT2D eigenvalue weighted by Crippen LogP contribution is 2.14. The number of H-pyrrole nitrogens is 1. The summed E-state index contributed by atoms with van der Waals surface area (Å²) in [7, 11) is 0. The zero-order valence-electron chi connectivity index (χ0n) is 11.5. The van der Waals surface area contributed by atoms with E-state index in [1.165, 1.54) is 0 Å². The molecular formula is C15H20FN3O. The van der Waals surface area contributed by atoms with Crippen molar-refractivity contribution in [3.8, 4) is 0 Å². The number of imidazole rings is 1. The maximum atomic E-state index is 13.1. The maximum Gasteiger partial charge on any atom is 0.326 e. The molecule has 0 saturated carbocycles. The zero-order chi connectivity index (χ0) is 13.9. The number of nitrogens with one attached hydrogen (secondary N) is 1. The fraction of sp³-hybridized carbons (Fsp3) is 0.533. The lowest BCUT2D eigenvalue weighted by molar-refractivity contribution is 0.148. The van der Waals surface area contributed by atoms with E-state index in [4.69, 9.17) is 0 Å². The molecule has 0 atom stereocenters. The summed E-state index contributed by atoms with van der Waals surface area (Å²) in [5.74, 6) is 0. The van der Waals surface area contributed by atoms with Gasteiger partial charge < -0.3 is 9.88 Å². The SMILES string of the molecule is O=c1[nH]c2ccccc2n1CCCN1CCC(F)CC1. The molecule has 0 unspecified atom stereocenters. The summed E-state index contributed by atoms with van der Waals surface area (Å²) in [5.41, 5.74) is 1.80. The van der Waals surface area contributed by atoms with Crippen LogP contribution in [0, 0.1) is 0 Å². The Morgan fingerprint density at radius 3 is 2.75 bits per heavy atom. The van der Waals surface area contributed by atoms with Gasteiger partial charge in [-0.25, -0.2) is 9.18 Å². The second-order valence-electron chi connectivity index (χ2n) is 5.47. The zero-order valence-corrected chi connectivity index (χ0v) is 11.5. The lowest BCUT2D eigenvalue weighted by Gasteiger charge is -2.28. The minimum Gasteiger partial charge on any atom is -0.306 e. The average molecular weight is 277 g/mol. The number of fused-ring (bicyclic) bond motifs is 1. The lowest BCUT2D eigenvalue weighted by Crippen LogP contribution is -2.35. The molecule has 1 aliphatic heterocycles. The van der Waals surface area contributed by atoms with Crippen molar-refractivity contribution in [3.05, 3.63) is 34.7 Å². The highest BCUT2D eigenvalue weighted by Gasteiger charge is 2.17. The highest BCUT2D eigenvalue weighted by molar-refractivity contribution is 5.74. The third kappa shape index (κ3) is 2.77. The molecule has 4 nitrogen and oxygen atoms in total. The molecule has 1 aliphatic rings. The van der Waals surface area contributed by atoms with Gasteiger partial charge in [0.15, 0.2) is 0 Å². The first-order valence-corrected chi connectivity index (χ1v) is 7.28. The number of halogens is 1. The van der Waals surface area contributed by atoms with Gasteiger partial charge in [-0.3, -0.25) is 4.57 Å². The van der Waals surface area contributed by atoms with E-state index >= 15 is 0 Å². The van der Waals surface area contributed by atoms with Gasteiger partial charge in [-0.2, -0.15) is 0 Å². The Hall–Kier alpha value is -1.62. The van der Waals surface area contributed by atoms with Crippen molar-refractivity contribution in [3.63, 3.8) is 0 Å². The quantitative estimate of drug-likeness (QED) is 0.930. The third-order valence-electron chi connectivity index (χ3n) is 4.05. The summed E-state index contributed by atoms with van der Waals surface area (Å²) >= 11 is 0. The molecule has 5 heteroatoms. The van der Waals surface area contributed by atoms with Gasteiger partial charge in [0, 0.05) is 19.6 Å². The normalized spacial score (nSPS) is 17.9. The standard InChI is InChI=1S/C15H20FN3O/c16-12-6-10-18(11-7-12)8-3-9-19-14-5-2-1-4-13(14)17-15(19)20/h1-2,4-5,12H,3,6-11H2,(H,17,20). The molecule has 0 radical (unpaired) electrons. The van der Waals surface area contributed by atoms with Gasteiger partial charge in [-0.05, 0) is 37.9 Å². The smallest absolute Gasteiger partial charge is 0.306 e. The van der Waals surface area contributed by atoms with Gasteiger partial charge >= 0.3 is 5.69 Å². The van der Waals surface area contributed by atoms with Gasteiger partial charge in [-0.15, -0.1) is 0 Å². The Morgan fingerprint density at radius 2 is 1.95 bits per heavy atom. The van der Waals surface area contributed by atoms with Crippen LogP contribution in [0.25, 0.3) is 11.0 Å². The molecule has 0 spiro atoms. The Kier molecular flexibility index (Phi) is 3.87. The monoisotopic (exact) mass is 277 g/mol. The fourth-order valence-electron chi connectivity index (χ4n) is 2.91. The molecule has 0 bridgehead atoms. The minimum absolute atomic E-state index is 0.0475. The Balaban J connectivity index is 1.60. The van der Waals surface area contributed by atoms with Crippen LogP contribution in [0.4, 0.5) is 4.39 Å². The number of rotatable bonds is 4. The average Bonchev–Trinajstić information content (AvgIpc) is 2.77. The Labute approximate surface area is 117 Å². The molecular weight excluding hydrogens is 257 g/mol. The van der Waals surface area contributed by atoms with Gasteiger partial charge in [0.2, 0.25) is 0 Å². The summed E-state index contributed by atoms with van der Waals surface area (Å²) in [6.07, 6.45) is 1.58. The van der Waals surface area contributed by atoms with Crippen molar-refractivity contribution in [2.45, 2.75) is 32.0 Å². The van der Waals surface area contributed by atoms with E-state index < -0.39 is 6.17 Å². The Morgan fingerprint density at radius 1 is 1.20 bits per heavy atom. The number of hydrogen-bond acceptors (Lipinski definition) is 2. The topological polar surface area (TPSA) is 41.0 Å². The molecule has 108 valence electrons. The van der Waals surface area contributed by atoms with Crippen molar-refractivity contribution in [2.75, 3.05) is 19.6 Å². The highest BCUT2D eigenvalue weighted by atomic mass is 19.1. The summed E-state index contributed by atoms with van der Waals surface area (Å²) in [5, 5.41) is 0. The van der Waals surface area contributed by atoms with Gasteiger partial charge in [0.1, 0.15) is 6.17 Å². The first-order valence-electron chi connectivity index (χ1n) is 7.28. The van der Waals surface area contributed by atoms with Crippen LogP contribution in [0.3, 0.4) is 0 Å². The van der Waals surface area contributed by atoms with Crippen LogP contribution in [0.1, 0.15) is 19.3 Å². The number of aromatic amines is 1. The molecule has 0 aliphatic carbocycles. The first kappa shape index (κ1) is 13.4. The van der Waals surface area contributed by atoms with Crippen LogP contribution in [0.15, 0.2) is 29.1 Å². The Bertz CT molecular complexity index is 625. The van der Waals surface area contributed by atoms with Gasteiger partial charge in [0.25, 0.3) is 0 Å². The van der Waals surface area contributed by atoms with Crippen LogP contribution in [0.2, 0.25) is 0 Å². The molecule has 1 aromatic carbocycles. The predicted molar refractivity (Wildman–Crippen MR) is 77.7 cm³/mol. The molecule has 20 heavy (non-hydrogen) atoms. The minimum atomic E-state index is -0.623. The molecule has 3 rings (SSSR count). The lowest BCUT2D eigenvalue weighted by atomic mass is 10.1. The van der Waals surface area contributed by atoms with E-state index in [9.17, 15) is 9.18 Å². The molecule has 2 aromatic rings. The van der Waals surface area contributed by atoms with Gasteiger partial charge in [0.05, 0.1) is 11.0 Å². The third-order valence-corrected chi connectivity index (χ3v) is 4.05. The second-order valence-corrected chi connectivity index (χ2v) is 5.47. The van der Waals surface area contributed by atoms with Crippen molar-refractivity contribution in [1.29, 1.82) is 0 Å². The maximum absolute atomic E-state index is 13.1. The number of para-hydroxylation sites is 2. The molecule has 1 fully saturated rings. The molecule has 1 saturated heterocycles. The molecule has 1 aromatic heterocycles. The summed E-state index contributed by atoms with van der Waals surface area (Å²) in [6.45, 7) is 3.31. The number of likely N-dealkylation sites (tertiary alicyclic amines) is 1. The molecule has 1 N–H and O–H groups in total.